The maximum absolute atomic E-state index is 11.9. The summed E-state index contributed by atoms with van der Waals surface area (Å²) < 4.78 is 22.7. The molecule has 2 fully saturated rings. The number of hydrogen-bond donors (Lipinski definition) is 1. The molecule has 0 spiro atoms. The van der Waals surface area contributed by atoms with Crippen LogP contribution in [-0.2, 0) is 14.8 Å². The van der Waals surface area contributed by atoms with E-state index in [2.05, 4.69) is 18.7 Å². The summed E-state index contributed by atoms with van der Waals surface area (Å²) in [6.07, 6.45) is 1.12. The number of nitrogens with two attached hydrogens (primary N) is 1. The van der Waals surface area contributed by atoms with Gasteiger partial charge in [-0.1, -0.05) is 13.8 Å². The van der Waals surface area contributed by atoms with Gasteiger partial charge in [0.05, 0.1) is 0 Å². The van der Waals surface area contributed by atoms with Crippen molar-refractivity contribution in [2.75, 3.05) is 32.7 Å². The Balaban J connectivity index is 1.84. The van der Waals surface area contributed by atoms with Gasteiger partial charge in [0.15, 0.2) is 0 Å². The molecule has 0 aromatic carbocycles. The molecule has 0 bridgehead atoms. The van der Waals surface area contributed by atoms with Crippen LogP contribution in [0.4, 0.5) is 0 Å². The molecule has 20 heavy (non-hydrogen) atoms. The van der Waals surface area contributed by atoms with Crippen molar-refractivity contribution < 1.29 is 13.2 Å². The van der Waals surface area contributed by atoms with Crippen molar-refractivity contribution >= 4 is 15.9 Å². The Hall–Kier alpha value is -0.660. The average molecular weight is 303 g/mol. The Morgan fingerprint density at radius 1 is 1.35 bits per heavy atom. The van der Waals surface area contributed by atoms with Crippen LogP contribution in [0.2, 0.25) is 0 Å². The minimum Gasteiger partial charge on any atom is -0.341 e. The van der Waals surface area contributed by atoms with Crippen LogP contribution in [0.3, 0.4) is 0 Å². The Kier molecular flexibility index (Phi) is 4.71. The van der Waals surface area contributed by atoms with Crippen molar-refractivity contribution in [1.29, 1.82) is 0 Å². The van der Waals surface area contributed by atoms with E-state index in [4.69, 9.17) is 5.14 Å². The first kappa shape index (κ1) is 15.7. The zero-order valence-corrected chi connectivity index (χ0v) is 13.1. The minimum absolute atomic E-state index is 0.0429. The number of hydrogen-bond acceptors (Lipinski definition) is 4. The Labute approximate surface area is 121 Å². The van der Waals surface area contributed by atoms with Gasteiger partial charge in [0, 0.05) is 32.6 Å². The number of amides is 1. The fraction of sp³-hybridized carbons (Fsp3) is 0.923. The fourth-order valence-electron chi connectivity index (χ4n) is 3.19. The highest BCUT2D eigenvalue weighted by Crippen LogP contribution is 2.23. The van der Waals surface area contributed by atoms with Crippen molar-refractivity contribution in [2.45, 2.75) is 31.9 Å². The number of rotatable bonds is 5. The van der Waals surface area contributed by atoms with E-state index in [9.17, 15) is 13.2 Å². The lowest BCUT2D eigenvalue weighted by Crippen LogP contribution is -2.35. The maximum Gasteiger partial charge on any atom is 0.224 e. The predicted octanol–water partition coefficient (Wildman–Crippen LogP) is -0.146. The Morgan fingerprint density at radius 2 is 2.05 bits per heavy atom. The van der Waals surface area contributed by atoms with Gasteiger partial charge in [0.25, 0.3) is 0 Å². The fourth-order valence-corrected chi connectivity index (χ4v) is 3.95. The van der Waals surface area contributed by atoms with Crippen molar-refractivity contribution in [3.8, 4) is 0 Å². The first-order valence-corrected chi connectivity index (χ1v) is 8.88. The molecular weight excluding hydrogens is 278 g/mol. The zero-order valence-electron chi connectivity index (χ0n) is 12.3. The van der Waals surface area contributed by atoms with Crippen molar-refractivity contribution in [3.05, 3.63) is 0 Å². The minimum atomic E-state index is -3.60. The number of likely N-dealkylation sites (tertiary alicyclic amines) is 2. The molecule has 1 amide bonds. The second-order valence-corrected chi connectivity index (χ2v) is 8.37. The van der Waals surface area contributed by atoms with E-state index in [1.807, 2.05) is 0 Å². The average Bonchev–Trinajstić information content (AvgIpc) is 2.86. The van der Waals surface area contributed by atoms with Gasteiger partial charge in [-0.3, -0.25) is 4.79 Å². The molecule has 116 valence electrons. The second kappa shape index (κ2) is 5.99. The van der Waals surface area contributed by atoms with E-state index in [0.29, 0.717) is 18.4 Å². The van der Waals surface area contributed by atoms with Gasteiger partial charge < -0.3 is 9.80 Å². The van der Waals surface area contributed by atoms with Crippen LogP contribution in [0.25, 0.3) is 0 Å². The van der Waals surface area contributed by atoms with E-state index in [1.54, 1.807) is 4.90 Å². The summed E-state index contributed by atoms with van der Waals surface area (Å²) in [6.45, 7) is 8.50. The summed E-state index contributed by atoms with van der Waals surface area (Å²) >= 11 is 0. The molecular formula is C13H25N3O3S. The number of sulfonamides is 1. The van der Waals surface area contributed by atoms with E-state index in [1.165, 1.54) is 0 Å². The largest absolute Gasteiger partial charge is 0.341 e. The third kappa shape index (κ3) is 3.93. The first-order valence-electron chi connectivity index (χ1n) is 7.27. The summed E-state index contributed by atoms with van der Waals surface area (Å²) in [5.74, 6) is 1.03. The van der Waals surface area contributed by atoms with E-state index in [-0.39, 0.29) is 18.9 Å². The second-order valence-electron chi connectivity index (χ2n) is 6.52. The van der Waals surface area contributed by atoms with Gasteiger partial charge in [-0.2, -0.15) is 0 Å². The van der Waals surface area contributed by atoms with Crippen LogP contribution in [0.5, 0.6) is 0 Å². The standard InChI is InChI=1S/C13H25N3O3S/c1-10(2)6-15-4-3-11(7-15)8-16-9-12(5-13(16)17)20(14,18)19/h10-12H,3-9H2,1-2H3,(H2,14,18,19). The van der Waals surface area contributed by atoms with Crippen LogP contribution in [-0.4, -0.2) is 62.1 Å². The summed E-state index contributed by atoms with van der Waals surface area (Å²) in [4.78, 5) is 16.0. The first-order chi connectivity index (χ1) is 9.25. The van der Waals surface area contributed by atoms with Gasteiger partial charge in [-0.25, -0.2) is 13.6 Å². The lowest BCUT2D eigenvalue weighted by atomic mass is 10.1. The molecule has 2 heterocycles. The van der Waals surface area contributed by atoms with Gasteiger partial charge in [-0.05, 0) is 24.8 Å². The van der Waals surface area contributed by atoms with Crippen molar-refractivity contribution in [3.63, 3.8) is 0 Å². The summed E-state index contributed by atoms with van der Waals surface area (Å²) in [6, 6.07) is 0. The molecule has 0 radical (unpaired) electrons. The topological polar surface area (TPSA) is 83.7 Å². The summed E-state index contributed by atoms with van der Waals surface area (Å²) in [7, 11) is -3.60. The quantitative estimate of drug-likeness (QED) is 0.766. The van der Waals surface area contributed by atoms with E-state index >= 15 is 0 Å². The van der Waals surface area contributed by atoms with Crippen molar-refractivity contribution in [2.24, 2.45) is 17.0 Å². The molecule has 2 rings (SSSR count). The van der Waals surface area contributed by atoms with Crippen LogP contribution in [0.1, 0.15) is 26.7 Å². The SMILES string of the molecule is CC(C)CN1CCC(CN2CC(S(N)(=O)=O)CC2=O)C1. The van der Waals surface area contributed by atoms with E-state index < -0.39 is 15.3 Å². The van der Waals surface area contributed by atoms with E-state index in [0.717, 1.165) is 26.1 Å². The van der Waals surface area contributed by atoms with Gasteiger partial charge in [0.1, 0.15) is 5.25 Å². The lowest BCUT2D eigenvalue weighted by molar-refractivity contribution is -0.128. The van der Waals surface area contributed by atoms with Crippen LogP contribution >= 0.6 is 0 Å². The molecule has 7 heteroatoms. The van der Waals surface area contributed by atoms with Gasteiger partial charge >= 0.3 is 0 Å². The summed E-state index contributed by atoms with van der Waals surface area (Å²) in [5.41, 5.74) is 0. The number of nitrogens with zero attached hydrogens (tertiary/aromatic N) is 2. The van der Waals surface area contributed by atoms with Gasteiger partial charge in [-0.15, -0.1) is 0 Å². The Morgan fingerprint density at radius 3 is 2.60 bits per heavy atom. The molecule has 0 aromatic rings. The third-order valence-electron chi connectivity index (χ3n) is 4.12. The van der Waals surface area contributed by atoms with Gasteiger partial charge in [0.2, 0.25) is 15.9 Å². The molecule has 2 saturated heterocycles. The number of carbonyl (C=O) groups excluding carboxylic acids is 1. The molecule has 6 nitrogen and oxygen atoms in total. The lowest BCUT2D eigenvalue weighted by Gasteiger charge is -2.22. The zero-order chi connectivity index (χ0) is 14.9. The number of primary sulfonamides is 1. The predicted molar refractivity (Wildman–Crippen MR) is 77.5 cm³/mol. The molecule has 0 aliphatic carbocycles. The maximum atomic E-state index is 11.9. The molecule has 2 unspecified atom stereocenters. The molecule has 2 aliphatic heterocycles. The highest BCUT2D eigenvalue weighted by atomic mass is 32.2. The monoisotopic (exact) mass is 303 g/mol. The number of carbonyl (C=O) groups is 1. The smallest absolute Gasteiger partial charge is 0.224 e. The van der Waals surface area contributed by atoms with Crippen LogP contribution in [0, 0.1) is 11.8 Å². The molecule has 2 N–H and O–H groups in total. The molecule has 2 aliphatic rings. The summed E-state index contributed by atoms with van der Waals surface area (Å²) in [5, 5.41) is 4.42. The van der Waals surface area contributed by atoms with Crippen LogP contribution in [0.15, 0.2) is 0 Å². The van der Waals surface area contributed by atoms with Crippen LogP contribution < -0.4 is 5.14 Å². The molecule has 2 atom stereocenters. The van der Waals surface area contributed by atoms with Crippen molar-refractivity contribution in [1.82, 2.24) is 9.80 Å². The molecule has 0 saturated carbocycles. The normalized spacial score (nSPS) is 28.8. The highest BCUT2D eigenvalue weighted by Gasteiger charge is 2.38. The third-order valence-corrected chi connectivity index (χ3v) is 5.36. The highest BCUT2D eigenvalue weighted by molar-refractivity contribution is 7.89. The molecule has 0 aromatic heterocycles. The Bertz CT molecular complexity index is 463.